The largest absolute Gasteiger partial charge is 0.328 e. The van der Waals surface area contributed by atoms with Gasteiger partial charge in [-0.05, 0) is 51.2 Å². The van der Waals surface area contributed by atoms with Gasteiger partial charge in [-0.2, -0.15) is 5.10 Å². The number of hydrogen-bond donors (Lipinski definition) is 1. The Labute approximate surface area is 118 Å². The summed E-state index contributed by atoms with van der Waals surface area (Å²) in [5.74, 6) is 0.739. The van der Waals surface area contributed by atoms with Crippen LogP contribution in [-0.4, -0.2) is 19.3 Å². The molecule has 0 aromatic carbocycles. The summed E-state index contributed by atoms with van der Waals surface area (Å²) in [7, 11) is 2.02. The summed E-state index contributed by atoms with van der Waals surface area (Å²) in [5, 5.41) is 4.65. The van der Waals surface area contributed by atoms with E-state index in [4.69, 9.17) is 12.2 Å². The molecule has 19 heavy (non-hydrogen) atoms. The lowest BCUT2D eigenvalue weighted by atomic mass is 9.98. The molecule has 1 aliphatic carbocycles. The molecule has 1 N–H and O–H groups in total. The SMILES string of the molecule is CCCc1nn(C)c2c1[nH]c(=S)n2C(C)(C)C1CC1. The van der Waals surface area contributed by atoms with E-state index in [9.17, 15) is 0 Å². The van der Waals surface area contributed by atoms with Gasteiger partial charge in [-0.1, -0.05) is 13.3 Å². The van der Waals surface area contributed by atoms with E-state index >= 15 is 0 Å². The Kier molecular flexibility index (Phi) is 2.85. The molecule has 2 aromatic rings. The summed E-state index contributed by atoms with van der Waals surface area (Å²) in [5.41, 5.74) is 3.48. The zero-order valence-corrected chi connectivity index (χ0v) is 13.0. The molecule has 2 heterocycles. The minimum atomic E-state index is 0.0760. The smallest absolute Gasteiger partial charge is 0.179 e. The second kappa shape index (κ2) is 4.20. The number of nitrogens with zero attached hydrogens (tertiary/aromatic N) is 3. The van der Waals surface area contributed by atoms with Crippen molar-refractivity contribution >= 4 is 23.4 Å². The van der Waals surface area contributed by atoms with Crippen LogP contribution in [0.5, 0.6) is 0 Å². The van der Waals surface area contributed by atoms with E-state index in [-0.39, 0.29) is 5.54 Å². The van der Waals surface area contributed by atoms with Crippen LogP contribution in [-0.2, 0) is 19.0 Å². The van der Waals surface area contributed by atoms with E-state index in [1.54, 1.807) is 0 Å². The first-order chi connectivity index (χ1) is 8.96. The second-order valence-electron chi connectivity index (χ2n) is 6.21. The number of H-pyrrole nitrogens is 1. The maximum atomic E-state index is 5.57. The fourth-order valence-corrected chi connectivity index (χ4v) is 3.56. The van der Waals surface area contributed by atoms with Gasteiger partial charge in [-0.15, -0.1) is 0 Å². The Hall–Kier alpha value is -1.10. The molecule has 0 spiro atoms. The minimum Gasteiger partial charge on any atom is -0.328 e. The number of aromatic nitrogens is 4. The summed E-state index contributed by atoms with van der Waals surface area (Å²) >= 11 is 5.57. The third kappa shape index (κ3) is 1.86. The Morgan fingerprint density at radius 2 is 2.11 bits per heavy atom. The lowest BCUT2D eigenvalue weighted by Crippen LogP contribution is -2.29. The average Bonchev–Trinajstić information content (AvgIpc) is 3.07. The minimum absolute atomic E-state index is 0.0760. The molecule has 5 heteroatoms. The van der Waals surface area contributed by atoms with Gasteiger partial charge >= 0.3 is 0 Å². The highest BCUT2D eigenvalue weighted by Gasteiger charge is 2.41. The first kappa shape index (κ1) is 12.9. The van der Waals surface area contributed by atoms with Crippen molar-refractivity contribution in [3.05, 3.63) is 10.5 Å². The van der Waals surface area contributed by atoms with Crippen LogP contribution in [0.25, 0.3) is 11.2 Å². The molecular formula is C14H22N4S. The van der Waals surface area contributed by atoms with Crippen molar-refractivity contribution in [2.75, 3.05) is 0 Å². The Bertz CT molecular complexity index is 669. The third-order valence-electron chi connectivity index (χ3n) is 4.38. The summed E-state index contributed by atoms with van der Waals surface area (Å²) in [6.45, 7) is 6.76. The summed E-state index contributed by atoms with van der Waals surface area (Å²) in [6.07, 6.45) is 4.71. The molecule has 0 atom stereocenters. The topological polar surface area (TPSA) is 38.5 Å². The number of rotatable bonds is 4. The van der Waals surface area contributed by atoms with Gasteiger partial charge in [-0.25, -0.2) is 0 Å². The molecule has 1 saturated carbocycles. The van der Waals surface area contributed by atoms with Gasteiger partial charge in [0.1, 0.15) is 5.52 Å². The molecule has 4 nitrogen and oxygen atoms in total. The summed E-state index contributed by atoms with van der Waals surface area (Å²) in [4.78, 5) is 3.38. The van der Waals surface area contributed by atoms with Gasteiger partial charge in [0.2, 0.25) is 0 Å². The van der Waals surface area contributed by atoms with Crippen LogP contribution in [0.1, 0.15) is 45.7 Å². The Morgan fingerprint density at radius 1 is 1.42 bits per heavy atom. The van der Waals surface area contributed by atoms with Crippen molar-refractivity contribution in [2.24, 2.45) is 13.0 Å². The van der Waals surface area contributed by atoms with E-state index < -0.39 is 0 Å². The number of hydrogen-bond acceptors (Lipinski definition) is 2. The van der Waals surface area contributed by atoms with Crippen molar-refractivity contribution in [1.82, 2.24) is 19.3 Å². The summed E-state index contributed by atoms with van der Waals surface area (Å²) in [6, 6.07) is 0. The second-order valence-corrected chi connectivity index (χ2v) is 6.60. The van der Waals surface area contributed by atoms with Crippen molar-refractivity contribution < 1.29 is 0 Å². The van der Waals surface area contributed by atoms with Crippen LogP contribution >= 0.6 is 12.2 Å². The quantitative estimate of drug-likeness (QED) is 0.869. The highest BCUT2D eigenvalue weighted by Crippen LogP contribution is 2.45. The highest BCUT2D eigenvalue weighted by molar-refractivity contribution is 7.71. The lowest BCUT2D eigenvalue weighted by Gasteiger charge is -2.27. The van der Waals surface area contributed by atoms with E-state index in [1.165, 1.54) is 12.8 Å². The van der Waals surface area contributed by atoms with E-state index in [1.807, 2.05) is 11.7 Å². The van der Waals surface area contributed by atoms with Crippen molar-refractivity contribution in [3.8, 4) is 0 Å². The number of nitrogens with one attached hydrogen (secondary N) is 1. The van der Waals surface area contributed by atoms with Gasteiger partial charge in [0.25, 0.3) is 0 Å². The van der Waals surface area contributed by atoms with Crippen molar-refractivity contribution in [1.29, 1.82) is 0 Å². The maximum Gasteiger partial charge on any atom is 0.179 e. The van der Waals surface area contributed by atoms with E-state index in [0.717, 1.165) is 40.4 Å². The lowest BCUT2D eigenvalue weighted by molar-refractivity contribution is 0.306. The maximum absolute atomic E-state index is 5.57. The van der Waals surface area contributed by atoms with Gasteiger partial charge in [0.05, 0.1) is 5.69 Å². The zero-order valence-electron chi connectivity index (χ0n) is 12.2. The Morgan fingerprint density at radius 3 is 2.68 bits per heavy atom. The third-order valence-corrected chi connectivity index (χ3v) is 4.66. The van der Waals surface area contributed by atoms with E-state index in [0.29, 0.717) is 0 Å². The fourth-order valence-electron chi connectivity index (χ4n) is 3.13. The molecule has 1 fully saturated rings. The van der Waals surface area contributed by atoms with Crippen LogP contribution < -0.4 is 0 Å². The molecule has 1 aliphatic rings. The molecule has 0 bridgehead atoms. The molecule has 0 saturated heterocycles. The predicted octanol–water partition coefficient (Wildman–Crippen LogP) is 3.53. The Balaban J connectivity index is 2.25. The van der Waals surface area contributed by atoms with Crippen molar-refractivity contribution in [3.63, 3.8) is 0 Å². The predicted molar refractivity (Wildman–Crippen MR) is 79.9 cm³/mol. The van der Waals surface area contributed by atoms with Gasteiger partial charge in [0, 0.05) is 12.6 Å². The molecule has 3 rings (SSSR count). The van der Waals surface area contributed by atoms with Crippen molar-refractivity contribution in [2.45, 2.75) is 52.0 Å². The number of aromatic amines is 1. The first-order valence-corrected chi connectivity index (χ1v) is 7.54. The molecule has 0 amide bonds. The van der Waals surface area contributed by atoms with Crippen LogP contribution in [0.15, 0.2) is 0 Å². The van der Waals surface area contributed by atoms with Gasteiger partial charge in [0.15, 0.2) is 10.4 Å². The molecule has 104 valence electrons. The number of aryl methyl sites for hydroxylation is 2. The van der Waals surface area contributed by atoms with Crippen LogP contribution in [0.4, 0.5) is 0 Å². The van der Waals surface area contributed by atoms with Gasteiger partial charge in [-0.3, -0.25) is 9.25 Å². The molecule has 0 unspecified atom stereocenters. The molecule has 0 aliphatic heterocycles. The fraction of sp³-hybridized carbons (Fsp3) is 0.714. The number of fused-ring (bicyclic) bond motifs is 1. The van der Waals surface area contributed by atoms with Crippen LogP contribution in [0.3, 0.4) is 0 Å². The standard InChI is InChI=1S/C14H22N4S/c1-5-6-10-11-12(17(4)16-10)18(13(19)15-11)14(2,3)9-7-8-9/h9H,5-8H2,1-4H3,(H,15,19). The van der Waals surface area contributed by atoms with Crippen LogP contribution in [0, 0.1) is 10.7 Å². The summed E-state index contributed by atoms with van der Waals surface area (Å²) < 4.78 is 5.09. The van der Waals surface area contributed by atoms with E-state index in [2.05, 4.69) is 35.4 Å². The zero-order chi connectivity index (χ0) is 13.8. The average molecular weight is 278 g/mol. The first-order valence-electron chi connectivity index (χ1n) is 7.14. The highest BCUT2D eigenvalue weighted by atomic mass is 32.1. The number of imidazole rings is 1. The molecular weight excluding hydrogens is 256 g/mol. The normalized spacial score (nSPS) is 16.4. The monoisotopic (exact) mass is 278 g/mol. The van der Waals surface area contributed by atoms with Gasteiger partial charge < -0.3 is 4.98 Å². The molecule has 2 aromatic heterocycles. The molecule has 0 radical (unpaired) electrons. The van der Waals surface area contributed by atoms with Crippen LogP contribution in [0.2, 0.25) is 0 Å².